The molecule has 0 aliphatic heterocycles. The van der Waals surface area contributed by atoms with E-state index in [1.807, 2.05) is 75.4 Å². The lowest BCUT2D eigenvalue weighted by molar-refractivity contribution is -0.152. The molecule has 0 saturated carbocycles. The van der Waals surface area contributed by atoms with Gasteiger partial charge < -0.3 is 13.9 Å². The largest absolute Gasteiger partial charge is 0.490 e. The maximum atomic E-state index is 11.4. The van der Waals surface area contributed by atoms with Crippen LogP contribution in [0.1, 0.15) is 27.2 Å². The molecule has 2 aromatic carbocycles. The van der Waals surface area contributed by atoms with E-state index in [-0.39, 0.29) is 6.10 Å². The van der Waals surface area contributed by atoms with Gasteiger partial charge in [-0.2, -0.15) is 0 Å². The third kappa shape index (κ3) is 4.79. The Labute approximate surface area is 159 Å². The van der Waals surface area contributed by atoms with Crippen molar-refractivity contribution in [1.29, 1.82) is 0 Å². The van der Waals surface area contributed by atoms with Crippen LogP contribution in [-0.2, 0) is 9.53 Å². The van der Waals surface area contributed by atoms with Crippen molar-refractivity contribution < 1.29 is 18.7 Å². The van der Waals surface area contributed by atoms with Gasteiger partial charge in [-0.1, -0.05) is 36.9 Å². The molecule has 4 nitrogen and oxygen atoms in total. The van der Waals surface area contributed by atoms with E-state index in [4.69, 9.17) is 13.9 Å². The number of ether oxygens (including phenoxy) is 2. The van der Waals surface area contributed by atoms with Gasteiger partial charge in [-0.25, -0.2) is 4.79 Å². The number of fused-ring (bicyclic) bond motifs is 1. The van der Waals surface area contributed by atoms with Crippen LogP contribution in [0.25, 0.3) is 22.3 Å². The third-order valence-electron chi connectivity index (χ3n) is 4.21. The van der Waals surface area contributed by atoms with Crippen LogP contribution < -0.4 is 4.74 Å². The Morgan fingerprint density at radius 1 is 1.19 bits per heavy atom. The summed E-state index contributed by atoms with van der Waals surface area (Å²) < 4.78 is 17.4. The normalized spacial score (nSPS) is 12.6. The molecule has 1 unspecified atom stereocenters. The molecule has 0 saturated heterocycles. The van der Waals surface area contributed by atoms with Crippen LogP contribution in [0.4, 0.5) is 0 Å². The first kappa shape index (κ1) is 18.8. The number of furan rings is 1. The van der Waals surface area contributed by atoms with Crippen LogP contribution in [0.5, 0.6) is 5.75 Å². The van der Waals surface area contributed by atoms with Crippen molar-refractivity contribution in [2.75, 3.05) is 0 Å². The van der Waals surface area contributed by atoms with Gasteiger partial charge in [-0.15, -0.1) is 0 Å². The lowest BCUT2D eigenvalue weighted by atomic mass is 10.0. The maximum Gasteiger partial charge on any atom is 0.330 e. The van der Waals surface area contributed by atoms with Gasteiger partial charge in [-0.05, 0) is 39.0 Å². The molecule has 1 heterocycles. The Kier molecular flexibility index (Phi) is 5.36. The van der Waals surface area contributed by atoms with Crippen LogP contribution in [0, 0.1) is 0 Å². The average molecular weight is 364 g/mol. The molecule has 0 spiro atoms. The minimum atomic E-state index is -0.639. The van der Waals surface area contributed by atoms with Gasteiger partial charge >= 0.3 is 5.97 Å². The zero-order valence-electron chi connectivity index (χ0n) is 15.9. The van der Waals surface area contributed by atoms with Gasteiger partial charge in [-0.3, -0.25) is 0 Å². The lowest BCUT2D eigenvalue weighted by Gasteiger charge is -2.28. The fourth-order valence-corrected chi connectivity index (χ4v) is 3.15. The van der Waals surface area contributed by atoms with Crippen molar-refractivity contribution in [1.82, 2.24) is 0 Å². The SMILES string of the molecule is C=CC(=O)OC(C)(C)CC(C)Oc1ccc2cc(-c3ccccc3)oc2c1. The van der Waals surface area contributed by atoms with Crippen molar-refractivity contribution in [2.45, 2.75) is 38.9 Å². The highest BCUT2D eigenvalue weighted by Gasteiger charge is 2.25. The molecule has 0 aliphatic carbocycles. The summed E-state index contributed by atoms with van der Waals surface area (Å²) in [5.74, 6) is 1.11. The van der Waals surface area contributed by atoms with Gasteiger partial charge in [0.25, 0.3) is 0 Å². The first-order valence-electron chi connectivity index (χ1n) is 8.97. The lowest BCUT2D eigenvalue weighted by Crippen LogP contribution is -2.33. The van der Waals surface area contributed by atoms with Crippen molar-refractivity contribution in [3.05, 3.63) is 67.3 Å². The zero-order valence-corrected chi connectivity index (χ0v) is 15.9. The molecular formula is C23H24O4. The molecule has 3 aromatic rings. The van der Waals surface area contributed by atoms with Gasteiger partial charge in [0.1, 0.15) is 22.7 Å². The van der Waals surface area contributed by atoms with Crippen LogP contribution in [0.15, 0.2) is 71.7 Å². The highest BCUT2D eigenvalue weighted by Crippen LogP contribution is 2.31. The number of rotatable bonds is 7. The highest BCUT2D eigenvalue weighted by molar-refractivity contribution is 5.84. The van der Waals surface area contributed by atoms with E-state index in [1.54, 1.807) is 0 Å². The monoisotopic (exact) mass is 364 g/mol. The Morgan fingerprint density at radius 2 is 1.93 bits per heavy atom. The van der Waals surface area contributed by atoms with E-state index in [9.17, 15) is 4.79 Å². The molecule has 0 N–H and O–H groups in total. The molecule has 140 valence electrons. The highest BCUT2D eigenvalue weighted by atomic mass is 16.6. The minimum Gasteiger partial charge on any atom is -0.490 e. The summed E-state index contributed by atoms with van der Waals surface area (Å²) >= 11 is 0. The van der Waals surface area contributed by atoms with Crippen LogP contribution >= 0.6 is 0 Å². The Hall–Kier alpha value is -3.01. The molecule has 4 heteroatoms. The van der Waals surface area contributed by atoms with Gasteiger partial charge in [0.15, 0.2) is 0 Å². The summed E-state index contributed by atoms with van der Waals surface area (Å²) in [5.41, 5.74) is 1.17. The molecule has 27 heavy (non-hydrogen) atoms. The van der Waals surface area contributed by atoms with Crippen molar-refractivity contribution in [3.63, 3.8) is 0 Å². The smallest absolute Gasteiger partial charge is 0.330 e. The summed E-state index contributed by atoms with van der Waals surface area (Å²) in [6.07, 6.45) is 1.58. The minimum absolute atomic E-state index is 0.140. The second-order valence-corrected chi connectivity index (χ2v) is 7.19. The van der Waals surface area contributed by atoms with Gasteiger partial charge in [0.2, 0.25) is 0 Å². The van der Waals surface area contributed by atoms with Crippen LogP contribution in [0.3, 0.4) is 0 Å². The van der Waals surface area contributed by atoms with Crippen LogP contribution in [-0.4, -0.2) is 17.7 Å². The quantitative estimate of drug-likeness (QED) is 0.395. The van der Waals surface area contributed by atoms with Crippen molar-refractivity contribution in [2.24, 2.45) is 0 Å². The second-order valence-electron chi connectivity index (χ2n) is 7.19. The number of hydrogen-bond donors (Lipinski definition) is 0. The molecule has 0 bridgehead atoms. The van der Waals surface area contributed by atoms with E-state index in [1.165, 1.54) is 6.08 Å². The van der Waals surface area contributed by atoms with E-state index in [0.29, 0.717) is 6.42 Å². The molecule has 0 aliphatic rings. The first-order chi connectivity index (χ1) is 12.9. The van der Waals surface area contributed by atoms with Gasteiger partial charge in [0.05, 0.1) is 6.10 Å². The predicted octanol–water partition coefficient (Wildman–Crippen LogP) is 5.77. The van der Waals surface area contributed by atoms with E-state index in [0.717, 1.165) is 28.0 Å². The zero-order chi connectivity index (χ0) is 19.4. The second kappa shape index (κ2) is 7.70. The molecule has 0 radical (unpaired) electrons. The van der Waals surface area contributed by atoms with Gasteiger partial charge in [0, 0.05) is 29.5 Å². The summed E-state index contributed by atoms with van der Waals surface area (Å²) in [7, 11) is 0. The van der Waals surface area contributed by atoms with Crippen molar-refractivity contribution >= 4 is 16.9 Å². The van der Waals surface area contributed by atoms with E-state index >= 15 is 0 Å². The standard InChI is InChI=1S/C23H24O4/c1-5-22(24)27-23(3,4)15-16(2)25-19-12-11-18-13-20(26-21(18)14-19)17-9-7-6-8-10-17/h5-14,16H,1,15H2,2-4H3. The molecule has 0 amide bonds. The average Bonchev–Trinajstić information content (AvgIpc) is 3.04. The first-order valence-corrected chi connectivity index (χ1v) is 8.97. The number of benzene rings is 2. The number of carbonyl (C=O) groups is 1. The van der Waals surface area contributed by atoms with Crippen molar-refractivity contribution in [3.8, 4) is 17.1 Å². The summed E-state index contributed by atoms with van der Waals surface area (Å²) in [4.78, 5) is 11.4. The molecular weight excluding hydrogens is 340 g/mol. The molecule has 0 fully saturated rings. The Bertz CT molecular complexity index is 937. The Balaban J connectivity index is 1.72. The predicted molar refractivity (Wildman–Crippen MR) is 107 cm³/mol. The Morgan fingerprint density at radius 3 is 2.63 bits per heavy atom. The molecule has 1 aromatic heterocycles. The maximum absolute atomic E-state index is 11.4. The number of carbonyl (C=O) groups excluding carboxylic acids is 1. The summed E-state index contributed by atoms with van der Waals surface area (Å²) in [5, 5.41) is 1.02. The summed E-state index contributed by atoms with van der Waals surface area (Å²) in [6.45, 7) is 9.09. The topological polar surface area (TPSA) is 48.7 Å². The summed E-state index contributed by atoms with van der Waals surface area (Å²) in [6, 6.07) is 17.8. The van der Waals surface area contributed by atoms with E-state index in [2.05, 4.69) is 6.58 Å². The fourth-order valence-electron chi connectivity index (χ4n) is 3.15. The molecule has 1 atom stereocenters. The fraction of sp³-hybridized carbons (Fsp3) is 0.261. The van der Waals surface area contributed by atoms with Crippen LogP contribution in [0.2, 0.25) is 0 Å². The number of hydrogen-bond acceptors (Lipinski definition) is 4. The number of esters is 1. The van der Waals surface area contributed by atoms with E-state index < -0.39 is 11.6 Å². The molecule has 3 rings (SSSR count). The third-order valence-corrected chi connectivity index (χ3v) is 4.21.